The highest BCUT2D eigenvalue weighted by atomic mass is 35.5. The van der Waals surface area contributed by atoms with E-state index in [1.165, 1.54) is 0 Å². The predicted molar refractivity (Wildman–Crippen MR) is 130 cm³/mol. The molecule has 3 heterocycles. The summed E-state index contributed by atoms with van der Waals surface area (Å²) in [4.78, 5) is 17.9. The molecule has 2 aliphatic heterocycles. The average Bonchev–Trinajstić information content (AvgIpc) is 3.23. The number of halogens is 1. The number of hydrogen-bond donors (Lipinski definition) is 0. The molecule has 0 unspecified atom stereocenters. The Bertz CT molecular complexity index is 1080. The van der Waals surface area contributed by atoms with Crippen molar-refractivity contribution in [3.8, 4) is 5.75 Å². The van der Waals surface area contributed by atoms with Crippen LogP contribution < -0.4 is 4.74 Å². The summed E-state index contributed by atoms with van der Waals surface area (Å²) >= 11 is 5.96. The maximum Gasteiger partial charge on any atom is 0.256 e. The van der Waals surface area contributed by atoms with E-state index >= 15 is 0 Å². The lowest BCUT2D eigenvalue weighted by molar-refractivity contribution is 0.0365. The second-order valence-corrected chi connectivity index (χ2v) is 9.21. The largest absolute Gasteiger partial charge is 0.490 e. The first-order valence-electron chi connectivity index (χ1n) is 11.8. The van der Waals surface area contributed by atoms with Gasteiger partial charge in [0.05, 0.1) is 18.8 Å². The number of aromatic nitrogens is 1. The quantitative estimate of drug-likeness (QED) is 0.542. The first-order valence-corrected chi connectivity index (χ1v) is 12.1. The Hall–Kier alpha value is -2.54. The molecular weight excluding hydrogens is 438 g/mol. The highest BCUT2D eigenvalue weighted by Gasteiger charge is 2.27. The molecule has 0 saturated carbocycles. The summed E-state index contributed by atoms with van der Waals surface area (Å²) in [5.74, 6) is 0.939. The molecule has 33 heavy (non-hydrogen) atoms. The molecule has 0 atom stereocenters. The number of benzene rings is 2. The van der Waals surface area contributed by atoms with Gasteiger partial charge in [-0.3, -0.25) is 9.69 Å². The van der Waals surface area contributed by atoms with E-state index in [9.17, 15) is 4.79 Å². The molecule has 3 aromatic rings. The van der Waals surface area contributed by atoms with Crippen molar-refractivity contribution < 1.29 is 14.3 Å². The molecule has 2 aromatic carbocycles. The van der Waals surface area contributed by atoms with Crippen LogP contribution in [0, 0.1) is 0 Å². The Morgan fingerprint density at radius 3 is 2.45 bits per heavy atom. The average molecular weight is 468 g/mol. The Labute approximate surface area is 199 Å². The van der Waals surface area contributed by atoms with E-state index in [1.54, 1.807) is 0 Å². The van der Waals surface area contributed by atoms with Gasteiger partial charge in [-0.25, -0.2) is 0 Å². The number of para-hydroxylation sites is 1. The summed E-state index contributed by atoms with van der Waals surface area (Å²) in [6.07, 6.45) is 3.81. The van der Waals surface area contributed by atoms with E-state index in [-0.39, 0.29) is 12.0 Å². The van der Waals surface area contributed by atoms with Crippen molar-refractivity contribution in [2.75, 3.05) is 45.9 Å². The summed E-state index contributed by atoms with van der Waals surface area (Å²) in [5.41, 5.74) is 1.92. The third-order valence-electron chi connectivity index (χ3n) is 6.63. The van der Waals surface area contributed by atoms with Crippen molar-refractivity contribution in [1.82, 2.24) is 14.4 Å². The molecule has 2 fully saturated rings. The molecule has 2 saturated heterocycles. The second-order valence-electron chi connectivity index (χ2n) is 8.77. The second kappa shape index (κ2) is 10.2. The molecule has 174 valence electrons. The first-order chi connectivity index (χ1) is 16.2. The number of amides is 1. The van der Waals surface area contributed by atoms with Crippen LogP contribution in [0.4, 0.5) is 0 Å². The summed E-state index contributed by atoms with van der Waals surface area (Å²) in [6.45, 7) is 6.76. The minimum Gasteiger partial charge on any atom is -0.490 e. The maximum absolute atomic E-state index is 13.5. The number of hydrogen-bond acceptors (Lipinski definition) is 4. The number of rotatable bonds is 6. The molecule has 1 aromatic heterocycles. The fourth-order valence-corrected chi connectivity index (χ4v) is 4.85. The van der Waals surface area contributed by atoms with Gasteiger partial charge < -0.3 is 18.9 Å². The molecule has 0 N–H and O–H groups in total. The van der Waals surface area contributed by atoms with E-state index in [0.717, 1.165) is 74.5 Å². The van der Waals surface area contributed by atoms with E-state index < -0.39 is 0 Å². The Kier molecular flexibility index (Phi) is 6.85. The van der Waals surface area contributed by atoms with Gasteiger partial charge >= 0.3 is 0 Å². The number of likely N-dealkylation sites (tertiary alicyclic amines) is 1. The highest BCUT2D eigenvalue weighted by molar-refractivity contribution is 6.30. The minimum atomic E-state index is 0.112. The van der Waals surface area contributed by atoms with Gasteiger partial charge in [-0.1, -0.05) is 29.8 Å². The van der Waals surface area contributed by atoms with Crippen LogP contribution in [-0.4, -0.2) is 72.3 Å². The number of nitrogens with zero attached hydrogens (tertiary/aromatic N) is 3. The molecule has 0 aliphatic carbocycles. The van der Waals surface area contributed by atoms with Crippen LogP contribution >= 0.6 is 11.6 Å². The lowest BCUT2D eigenvalue weighted by atomic mass is 10.1. The van der Waals surface area contributed by atoms with Crippen molar-refractivity contribution in [1.29, 1.82) is 0 Å². The number of fused-ring (bicyclic) bond motifs is 1. The fraction of sp³-hybridized carbons (Fsp3) is 0.423. The van der Waals surface area contributed by atoms with E-state index in [0.29, 0.717) is 18.1 Å². The molecule has 1 amide bonds. The monoisotopic (exact) mass is 467 g/mol. The predicted octanol–water partition coefficient (Wildman–Crippen LogP) is 4.31. The van der Waals surface area contributed by atoms with Crippen LogP contribution in [-0.2, 0) is 11.3 Å². The van der Waals surface area contributed by atoms with Gasteiger partial charge in [0.15, 0.2) is 0 Å². The van der Waals surface area contributed by atoms with E-state index in [4.69, 9.17) is 21.1 Å². The number of carbonyl (C=O) groups is 1. The lowest BCUT2D eigenvalue weighted by Crippen LogP contribution is -2.41. The van der Waals surface area contributed by atoms with E-state index in [2.05, 4.69) is 21.6 Å². The number of morpholine rings is 1. The van der Waals surface area contributed by atoms with Crippen LogP contribution in [0.25, 0.3) is 10.9 Å². The van der Waals surface area contributed by atoms with Crippen LogP contribution in [0.1, 0.15) is 23.2 Å². The summed E-state index contributed by atoms with van der Waals surface area (Å²) in [5, 5.41) is 1.73. The SMILES string of the molecule is O=C(c1cn(CCN2CCOCC2)c2ccccc12)N1CCC(Oc2ccc(Cl)cc2)CC1. The third kappa shape index (κ3) is 5.18. The highest BCUT2D eigenvalue weighted by Crippen LogP contribution is 2.26. The Balaban J connectivity index is 1.24. The van der Waals surface area contributed by atoms with Gasteiger partial charge in [-0.2, -0.15) is 0 Å². The maximum atomic E-state index is 13.5. The van der Waals surface area contributed by atoms with Crippen LogP contribution in [0.15, 0.2) is 54.7 Å². The topological polar surface area (TPSA) is 46.9 Å². The van der Waals surface area contributed by atoms with Gasteiger partial charge in [0, 0.05) is 74.2 Å². The first kappa shape index (κ1) is 22.3. The Morgan fingerprint density at radius 1 is 0.970 bits per heavy atom. The lowest BCUT2D eigenvalue weighted by Gasteiger charge is -2.32. The van der Waals surface area contributed by atoms with Crippen molar-refractivity contribution in [2.24, 2.45) is 0 Å². The summed E-state index contributed by atoms with van der Waals surface area (Å²) in [7, 11) is 0. The normalized spacial score (nSPS) is 18.0. The molecule has 0 spiro atoms. The zero-order valence-corrected chi connectivity index (χ0v) is 19.5. The van der Waals surface area contributed by atoms with Crippen molar-refractivity contribution in [3.63, 3.8) is 0 Å². The molecule has 2 aliphatic rings. The zero-order chi connectivity index (χ0) is 22.6. The molecule has 5 rings (SSSR count). The molecule has 6 nitrogen and oxygen atoms in total. The van der Waals surface area contributed by atoms with Gasteiger partial charge in [0.25, 0.3) is 5.91 Å². The number of carbonyl (C=O) groups excluding carboxylic acids is 1. The summed E-state index contributed by atoms with van der Waals surface area (Å²) < 4.78 is 13.8. The van der Waals surface area contributed by atoms with Crippen LogP contribution in [0.3, 0.4) is 0 Å². The van der Waals surface area contributed by atoms with Gasteiger partial charge in [-0.15, -0.1) is 0 Å². The van der Waals surface area contributed by atoms with E-state index in [1.807, 2.05) is 47.5 Å². The van der Waals surface area contributed by atoms with Crippen LogP contribution in [0.5, 0.6) is 5.75 Å². The smallest absolute Gasteiger partial charge is 0.256 e. The molecule has 0 radical (unpaired) electrons. The molecular formula is C26H30ClN3O3. The molecule has 0 bridgehead atoms. The Morgan fingerprint density at radius 2 is 1.70 bits per heavy atom. The zero-order valence-electron chi connectivity index (χ0n) is 18.8. The van der Waals surface area contributed by atoms with Gasteiger partial charge in [0.2, 0.25) is 0 Å². The minimum absolute atomic E-state index is 0.112. The third-order valence-corrected chi connectivity index (χ3v) is 6.88. The van der Waals surface area contributed by atoms with Crippen molar-refractivity contribution >= 4 is 28.4 Å². The number of ether oxygens (including phenoxy) is 2. The van der Waals surface area contributed by atoms with Crippen molar-refractivity contribution in [3.05, 3.63) is 65.3 Å². The van der Waals surface area contributed by atoms with Crippen LogP contribution in [0.2, 0.25) is 5.02 Å². The van der Waals surface area contributed by atoms with Crippen molar-refractivity contribution in [2.45, 2.75) is 25.5 Å². The standard InChI is InChI=1S/C26H30ClN3O3/c27-20-5-7-21(8-6-20)33-22-9-11-29(12-10-22)26(31)24-19-30(25-4-2-1-3-23(24)25)14-13-28-15-17-32-18-16-28/h1-8,19,22H,9-18H2. The summed E-state index contributed by atoms with van der Waals surface area (Å²) in [6, 6.07) is 15.7. The molecule has 7 heteroatoms. The fourth-order valence-electron chi connectivity index (χ4n) is 4.73. The van der Waals surface area contributed by atoms with Gasteiger partial charge in [0.1, 0.15) is 11.9 Å². The van der Waals surface area contributed by atoms with Gasteiger partial charge in [-0.05, 0) is 30.3 Å². The number of piperidine rings is 1.